The fourth-order valence-corrected chi connectivity index (χ4v) is 4.10. The van der Waals surface area contributed by atoms with Crippen molar-refractivity contribution < 1.29 is 19.1 Å². The Morgan fingerprint density at radius 3 is 2.61 bits per heavy atom. The number of carbonyl (C=O) groups is 3. The smallest absolute Gasteiger partial charge is 0.348 e. The van der Waals surface area contributed by atoms with Crippen LogP contribution >= 0.6 is 22.9 Å². The van der Waals surface area contributed by atoms with Crippen LogP contribution in [0.3, 0.4) is 0 Å². The first-order valence-electron chi connectivity index (χ1n) is 9.53. The van der Waals surface area contributed by atoms with E-state index < -0.39 is 30.1 Å². The van der Waals surface area contributed by atoms with E-state index in [4.69, 9.17) is 16.3 Å². The number of hydrogen-bond donors (Lipinski definition) is 2. The summed E-state index contributed by atoms with van der Waals surface area (Å²) in [4.78, 5) is 37.2. The van der Waals surface area contributed by atoms with Gasteiger partial charge in [0.1, 0.15) is 9.71 Å². The summed E-state index contributed by atoms with van der Waals surface area (Å²) in [5, 5.41) is 10.7. The molecule has 0 fully saturated rings. The first kappa shape index (κ1) is 22.8. The lowest BCUT2D eigenvalue weighted by atomic mass is 10.1. The second kappa shape index (κ2) is 9.07. The van der Waals surface area contributed by atoms with Gasteiger partial charge in [-0.05, 0) is 45.4 Å². The molecule has 31 heavy (non-hydrogen) atoms. The second-order valence-corrected chi connectivity index (χ2v) is 9.43. The number of carbonyl (C=O) groups excluding carboxylic acids is 3. The van der Waals surface area contributed by atoms with Gasteiger partial charge in [0.2, 0.25) is 0 Å². The number of thiophene rings is 1. The van der Waals surface area contributed by atoms with Crippen LogP contribution in [0, 0.1) is 6.92 Å². The minimum Gasteiger partial charge on any atom is -0.451 e. The Morgan fingerprint density at radius 2 is 1.94 bits per heavy atom. The Hall–Kier alpha value is -2.91. The van der Waals surface area contributed by atoms with Crippen molar-refractivity contribution >= 4 is 51.1 Å². The van der Waals surface area contributed by atoms with Gasteiger partial charge in [-0.2, -0.15) is 5.10 Å². The minimum absolute atomic E-state index is 0.343. The minimum atomic E-state index is -0.711. The third-order valence-electron chi connectivity index (χ3n) is 4.16. The summed E-state index contributed by atoms with van der Waals surface area (Å²) in [5.74, 6) is -1.35. The molecule has 1 aromatic carbocycles. The molecule has 0 unspecified atom stereocenters. The molecule has 3 aromatic rings. The number of esters is 1. The molecular weight excluding hydrogens is 440 g/mol. The Balaban J connectivity index is 1.66. The van der Waals surface area contributed by atoms with E-state index in [9.17, 15) is 14.4 Å². The first-order chi connectivity index (χ1) is 14.5. The van der Waals surface area contributed by atoms with Crippen molar-refractivity contribution in [3.63, 3.8) is 0 Å². The van der Waals surface area contributed by atoms with Crippen molar-refractivity contribution in [3.8, 4) is 0 Å². The second-order valence-electron chi connectivity index (χ2n) is 7.99. The molecule has 2 aromatic heterocycles. The average molecular weight is 463 g/mol. The molecule has 2 N–H and O–H groups in total. The van der Waals surface area contributed by atoms with Crippen LogP contribution in [-0.2, 0) is 16.1 Å². The van der Waals surface area contributed by atoms with Gasteiger partial charge in [-0.1, -0.05) is 29.8 Å². The quantitative estimate of drug-likeness (QED) is 0.560. The van der Waals surface area contributed by atoms with E-state index in [1.165, 1.54) is 11.3 Å². The molecule has 164 valence electrons. The predicted octanol–water partition coefficient (Wildman–Crippen LogP) is 3.89. The molecule has 0 aliphatic rings. The number of aryl methyl sites for hydroxylation is 1. The molecule has 2 heterocycles. The van der Waals surface area contributed by atoms with Crippen LogP contribution in [0.2, 0.25) is 5.02 Å². The molecule has 8 nitrogen and oxygen atoms in total. The van der Waals surface area contributed by atoms with Gasteiger partial charge >= 0.3 is 12.0 Å². The largest absolute Gasteiger partial charge is 0.451 e. The highest BCUT2D eigenvalue weighted by atomic mass is 35.5. The summed E-state index contributed by atoms with van der Waals surface area (Å²) in [6.07, 6.45) is 0. The highest BCUT2D eigenvalue weighted by Crippen LogP contribution is 2.30. The number of ether oxygens (including phenoxy) is 1. The van der Waals surface area contributed by atoms with E-state index in [0.717, 1.165) is 21.5 Å². The molecule has 0 atom stereocenters. The van der Waals surface area contributed by atoms with Gasteiger partial charge in [0.25, 0.3) is 5.91 Å². The number of halogens is 1. The number of amides is 3. The lowest BCUT2D eigenvalue weighted by molar-refractivity contribution is -0.123. The maximum Gasteiger partial charge on any atom is 0.348 e. The third-order valence-corrected chi connectivity index (χ3v) is 5.66. The normalized spacial score (nSPS) is 11.4. The zero-order chi connectivity index (χ0) is 22.8. The Labute approximate surface area is 188 Å². The van der Waals surface area contributed by atoms with E-state index in [2.05, 4.69) is 15.7 Å². The van der Waals surface area contributed by atoms with E-state index >= 15 is 0 Å². The zero-order valence-corrected chi connectivity index (χ0v) is 19.2. The van der Waals surface area contributed by atoms with Crippen LogP contribution in [0.5, 0.6) is 0 Å². The fourth-order valence-electron chi connectivity index (χ4n) is 2.85. The Kier molecular flexibility index (Phi) is 6.66. The topological polar surface area (TPSA) is 102 Å². The van der Waals surface area contributed by atoms with E-state index in [0.29, 0.717) is 16.4 Å². The van der Waals surface area contributed by atoms with Crippen LogP contribution in [0.4, 0.5) is 4.79 Å². The molecule has 0 aliphatic heterocycles. The van der Waals surface area contributed by atoms with Gasteiger partial charge in [0.15, 0.2) is 6.61 Å². The molecule has 0 aliphatic carbocycles. The summed E-state index contributed by atoms with van der Waals surface area (Å²) in [7, 11) is 0. The van der Waals surface area contributed by atoms with Crippen molar-refractivity contribution in [2.45, 2.75) is 39.8 Å². The van der Waals surface area contributed by atoms with Crippen molar-refractivity contribution in [1.82, 2.24) is 20.4 Å². The molecule has 0 saturated carbocycles. The summed E-state index contributed by atoms with van der Waals surface area (Å²) in [6.45, 7) is 7.11. The monoisotopic (exact) mass is 462 g/mol. The number of fused-ring (bicyclic) bond motifs is 1. The number of benzene rings is 1. The van der Waals surface area contributed by atoms with Gasteiger partial charge in [-0.15, -0.1) is 11.3 Å². The van der Waals surface area contributed by atoms with Gasteiger partial charge in [0.05, 0.1) is 12.2 Å². The molecule has 3 rings (SSSR count). The zero-order valence-electron chi connectivity index (χ0n) is 17.6. The van der Waals surface area contributed by atoms with Gasteiger partial charge < -0.3 is 10.1 Å². The van der Waals surface area contributed by atoms with Crippen LogP contribution in [0.15, 0.2) is 30.3 Å². The number of hydrogen-bond acceptors (Lipinski definition) is 6. The van der Waals surface area contributed by atoms with Gasteiger partial charge in [-0.25, -0.2) is 9.59 Å². The van der Waals surface area contributed by atoms with Crippen LogP contribution in [0.1, 0.15) is 41.7 Å². The molecule has 0 radical (unpaired) electrons. The van der Waals surface area contributed by atoms with Crippen LogP contribution < -0.4 is 10.6 Å². The maximum absolute atomic E-state index is 12.4. The van der Waals surface area contributed by atoms with E-state index in [1.54, 1.807) is 31.5 Å². The van der Waals surface area contributed by atoms with Gasteiger partial charge in [-0.3, -0.25) is 14.8 Å². The standard InChI is InChI=1S/C21H23ClN4O4S/c1-12-14-9-16(19(28)30-11-17(27)23-20(29)24-21(2,3)4)31-18(14)26(25-12)10-13-7-5-6-8-15(13)22/h5-9H,10-11H2,1-4H3,(H2,23,24,27,29). The maximum atomic E-state index is 12.4. The molecule has 3 amide bonds. The van der Waals surface area contributed by atoms with Crippen molar-refractivity contribution in [2.75, 3.05) is 6.61 Å². The highest BCUT2D eigenvalue weighted by molar-refractivity contribution is 7.20. The van der Waals surface area contributed by atoms with Crippen LogP contribution in [0.25, 0.3) is 10.2 Å². The lowest BCUT2D eigenvalue weighted by Crippen LogP contribution is -2.49. The van der Waals surface area contributed by atoms with Crippen molar-refractivity contribution in [1.29, 1.82) is 0 Å². The Bertz CT molecular complexity index is 1150. The molecular formula is C21H23ClN4O4S. The number of nitrogens with one attached hydrogen (secondary N) is 2. The number of nitrogens with zero attached hydrogens (tertiary/aromatic N) is 2. The number of urea groups is 1. The van der Waals surface area contributed by atoms with E-state index in [1.807, 2.05) is 31.2 Å². The van der Waals surface area contributed by atoms with Crippen LogP contribution in [-0.4, -0.2) is 39.8 Å². The highest BCUT2D eigenvalue weighted by Gasteiger charge is 2.20. The third kappa shape index (κ3) is 5.83. The fraction of sp³-hybridized carbons (Fsp3) is 0.333. The number of aromatic nitrogens is 2. The number of imide groups is 1. The summed E-state index contributed by atoms with van der Waals surface area (Å²) < 4.78 is 6.85. The Morgan fingerprint density at radius 1 is 1.23 bits per heavy atom. The molecule has 0 saturated heterocycles. The summed E-state index contributed by atoms with van der Waals surface area (Å²) >= 11 is 7.48. The number of rotatable bonds is 5. The molecule has 0 bridgehead atoms. The van der Waals surface area contributed by atoms with Crippen molar-refractivity contribution in [3.05, 3.63) is 51.5 Å². The summed E-state index contributed by atoms with van der Waals surface area (Å²) in [6, 6.07) is 8.54. The first-order valence-corrected chi connectivity index (χ1v) is 10.7. The SMILES string of the molecule is Cc1nn(Cc2ccccc2Cl)c2sc(C(=O)OCC(=O)NC(=O)NC(C)(C)C)cc12. The van der Waals surface area contributed by atoms with Crippen molar-refractivity contribution in [2.24, 2.45) is 0 Å². The lowest BCUT2D eigenvalue weighted by Gasteiger charge is -2.20. The van der Waals surface area contributed by atoms with Gasteiger partial charge in [0, 0.05) is 15.9 Å². The average Bonchev–Trinajstić information content (AvgIpc) is 3.21. The molecule has 0 spiro atoms. The molecule has 10 heteroatoms. The predicted molar refractivity (Wildman–Crippen MR) is 120 cm³/mol. The van der Waals surface area contributed by atoms with E-state index in [-0.39, 0.29) is 0 Å². The summed E-state index contributed by atoms with van der Waals surface area (Å²) in [5.41, 5.74) is 1.19.